The lowest BCUT2D eigenvalue weighted by molar-refractivity contribution is 0.0858. The molecule has 0 spiro atoms. The van der Waals surface area contributed by atoms with E-state index < -0.39 is 6.92 Å². The number of hydrogen-bond donors (Lipinski definition) is 1. The van der Waals surface area contributed by atoms with Gasteiger partial charge in [0.05, 0.1) is 0 Å². The zero-order valence-electron chi connectivity index (χ0n) is 9.74. The van der Waals surface area contributed by atoms with E-state index in [0.717, 1.165) is 5.46 Å². The van der Waals surface area contributed by atoms with Gasteiger partial charge in [-0.25, -0.2) is 0 Å². The van der Waals surface area contributed by atoms with Crippen LogP contribution in [-0.4, -0.2) is 17.7 Å². The second-order valence-corrected chi connectivity index (χ2v) is 4.88. The molecule has 0 saturated carbocycles. The highest BCUT2D eigenvalue weighted by Crippen LogP contribution is 2.19. The number of rotatable bonds is 2. The molecule has 0 unspecified atom stereocenters. The molecule has 0 saturated heterocycles. The number of carbonyl (C=O) groups is 1. The predicted molar refractivity (Wildman–Crippen MR) is 63.7 cm³/mol. The number of ketones is 1. The summed E-state index contributed by atoms with van der Waals surface area (Å²) in [4.78, 5) is 11.9. The fourth-order valence-corrected chi connectivity index (χ4v) is 1.35. The number of Topliss-reactive ketones (excluding diaryl/α,β-unsaturated/α-hetero) is 1. The number of benzene rings is 1. The lowest BCUT2D eigenvalue weighted by Crippen LogP contribution is -2.27. The fraction of sp³-hybridized carbons (Fsp3) is 0.417. The van der Waals surface area contributed by atoms with E-state index in [9.17, 15) is 9.82 Å². The van der Waals surface area contributed by atoms with Crippen LogP contribution in [0.2, 0.25) is 6.82 Å². The average Bonchev–Trinajstić information content (AvgIpc) is 2.15. The van der Waals surface area contributed by atoms with Gasteiger partial charge in [-0.1, -0.05) is 51.9 Å². The van der Waals surface area contributed by atoms with Crippen molar-refractivity contribution < 1.29 is 9.82 Å². The molecule has 0 heterocycles. The molecule has 1 N–H and O–H groups in total. The normalized spacial score (nSPS) is 11.3. The molecule has 0 aromatic heterocycles. The Bertz CT molecular complexity index is 347. The molecule has 0 fully saturated rings. The minimum atomic E-state index is -0.483. The van der Waals surface area contributed by atoms with Crippen LogP contribution in [0.1, 0.15) is 31.1 Å². The minimum absolute atomic E-state index is 0.125. The maximum atomic E-state index is 11.9. The van der Waals surface area contributed by atoms with Gasteiger partial charge in [-0.3, -0.25) is 4.79 Å². The highest BCUT2D eigenvalue weighted by molar-refractivity contribution is 6.64. The molecule has 0 aliphatic carbocycles. The molecule has 2 nitrogen and oxygen atoms in total. The predicted octanol–water partition coefficient (Wildman–Crippen LogP) is 1.74. The average molecular weight is 204 g/mol. The zero-order valence-corrected chi connectivity index (χ0v) is 9.74. The molecule has 1 aromatic carbocycles. The summed E-state index contributed by atoms with van der Waals surface area (Å²) in [5.74, 6) is 0.125. The Morgan fingerprint density at radius 3 is 2.00 bits per heavy atom. The van der Waals surface area contributed by atoms with Crippen molar-refractivity contribution in [3.63, 3.8) is 0 Å². The molecule has 0 aliphatic heterocycles. The van der Waals surface area contributed by atoms with Crippen molar-refractivity contribution in [2.45, 2.75) is 27.6 Å². The maximum absolute atomic E-state index is 11.9. The first-order chi connectivity index (χ1) is 6.82. The molecular weight excluding hydrogens is 187 g/mol. The summed E-state index contributed by atoms with van der Waals surface area (Å²) in [6.07, 6.45) is 0. The summed E-state index contributed by atoms with van der Waals surface area (Å²) in [7, 11) is 0. The summed E-state index contributed by atoms with van der Waals surface area (Å²) in [5, 5.41) is 9.33. The van der Waals surface area contributed by atoms with Crippen LogP contribution in [0.4, 0.5) is 0 Å². The lowest BCUT2D eigenvalue weighted by atomic mass is 9.64. The van der Waals surface area contributed by atoms with Gasteiger partial charge < -0.3 is 5.02 Å². The Labute approximate surface area is 91.4 Å². The van der Waals surface area contributed by atoms with Crippen LogP contribution in [0.5, 0.6) is 0 Å². The highest BCUT2D eigenvalue weighted by atomic mass is 16.2. The molecule has 15 heavy (non-hydrogen) atoms. The van der Waals surface area contributed by atoms with Crippen LogP contribution in [0.3, 0.4) is 0 Å². The quantitative estimate of drug-likeness (QED) is 0.588. The lowest BCUT2D eigenvalue weighted by Gasteiger charge is -2.16. The van der Waals surface area contributed by atoms with E-state index in [-0.39, 0.29) is 11.2 Å². The van der Waals surface area contributed by atoms with Gasteiger partial charge in [0, 0.05) is 11.0 Å². The first-order valence-corrected chi connectivity index (χ1v) is 5.15. The second-order valence-electron chi connectivity index (χ2n) is 4.88. The van der Waals surface area contributed by atoms with E-state index in [4.69, 9.17) is 0 Å². The maximum Gasteiger partial charge on any atom is 0.320 e. The van der Waals surface area contributed by atoms with Crippen molar-refractivity contribution >= 4 is 18.2 Å². The molecule has 0 radical (unpaired) electrons. The Morgan fingerprint density at radius 1 is 1.20 bits per heavy atom. The Morgan fingerprint density at radius 2 is 1.67 bits per heavy atom. The van der Waals surface area contributed by atoms with Crippen molar-refractivity contribution in [2.75, 3.05) is 0 Å². The smallest absolute Gasteiger partial charge is 0.320 e. The van der Waals surface area contributed by atoms with Gasteiger partial charge in [-0.2, -0.15) is 0 Å². The van der Waals surface area contributed by atoms with Crippen LogP contribution in [0.25, 0.3) is 0 Å². The van der Waals surface area contributed by atoms with E-state index >= 15 is 0 Å². The van der Waals surface area contributed by atoms with Gasteiger partial charge >= 0.3 is 6.92 Å². The highest BCUT2D eigenvalue weighted by Gasteiger charge is 2.22. The third kappa shape index (κ3) is 2.93. The van der Waals surface area contributed by atoms with E-state index in [2.05, 4.69) is 0 Å². The Balaban J connectivity index is 2.95. The molecule has 0 atom stereocenters. The van der Waals surface area contributed by atoms with Crippen LogP contribution in [0.15, 0.2) is 24.3 Å². The third-order valence-electron chi connectivity index (χ3n) is 2.34. The molecule has 0 amide bonds. The number of hydrogen-bond acceptors (Lipinski definition) is 2. The van der Waals surface area contributed by atoms with Crippen molar-refractivity contribution in [1.82, 2.24) is 0 Å². The largest absolute Gasteiger partial charge is 0.447 e. The molecule has 3 heteroatoms. The first kappa shape index (κ1) is 12.0. The summed E-state index contributed by atoms with van der Waals surface area (Å²) in [5.41, 5.74) is 1.18. The van der Waals surface area contributed by atoms with E-state index in [0.29, 0.717) is 5.56 Å². The van der Waals surface area contributed by atoms with E-state index in [1.807, 2.05) is 20.8 Å². The molecule has 0 aliphatic rings. The second kappa shape index (κ2) is 4.19. The molecular formula is C12H17BO2. The van der Waals surface area contributed by atoms with Crippen molar-refractivity contribution in [3.05, 3.63) is 29.8 Å². The monoisotopic (exact) mass is 204 g/mol. The summed E-state index contributed by atoms with van der Waals surface area (Å²) < 4.78 is 0. The van der Waals surface area contributed by atoms with Gasteiger partial charge in [0.1, 0.15) is 0 Å². The zero-order chi connectivity index (χ0) is 11.6. The number of carbonyl (C=O) groups excluding carboxylic acids is 1. The fourth-order valence-electron chi connectivity index (χ4n) is 1.35. The topological polar surface area (TPSA) is 37.3 Å². The Kier molecular flexibility index (Phi) is 3.35. The van der Waals surface area contributed by atoms with Gasteiger partial charge in [-0.05, 0) is 5.46 Å². The molecule has 1 rings (SSSR count). The van der Waals surface area contributed by atoms with Crippen molar-refractivity contribution in [2.24, 2.45) is 5.41 Å². The summed E-state index contributed by atoms with van der Waals surface area (Å²) in [6.45, 7) is 6.93. The SMILES string of the molecule is CB(O)c1ccc(C(=O)C(C)(C)C)cc1. The van der Waals surface area contributed by atoms with Crippen LogP contribution < -0.4 is 5.46 Å². The standard InChI is InChI=1S/C12H17BO2/c1-12(2,3)11(14)9-5-7-10(8-6-9)13(4)15/h5-8,15H,1-4H3. The van der Waals surface area contributed by atoms with E-state index in [1.165, 1.54) is 0 Å². The Hall–Kier alpha value is -1.09. The van der Waals surface area contributed by atoms with Gasteiger partial charge in [-0.15, -0.1) is 0 Å². The minimum Gasteiger partial charge on any atom is -0.447 e. The van der Waals surface area contributed by atoms with Crippen LogP contribution in [-0.2, 0) is 0 Å². The summed E-state index contributed by atoms with van der Waals surface area (Å²) >= 11 is 0. The first-order valence-electron chi connectivity index (χ1n) is 5.15. The van der Waals surface area contributed by atoms with Gasteiger partial charge in [0.25, 0.3) is 0 Å². The van der Waals surface area contributed by atoms with Crippen LogP contribution in [0, 0.1) is 5.41 Å². The van der Waals surface area contributed by atoms with E-state index in [1.54, 1.807) is 31.1 Å². The van der Waals surface area contributed by atoms with Crippen molar-refractivity contribution in [3.8, 4) is 0 Å². The van der Waals surface area contributed by atoms with Crippen LogP contribution >= 0.6 is 0 Å². The van der Waals surface area contributed by atoms with Gasteiger partial charge in [0.15, 0.2) is 5.78 Å². The van der Waals surface area contributed by atoms with Gasteiger partial charge in [0.2, 0.25) is 0 Å². The third-order valence-corrected chi connectivity index (χ3v) is 2.34. The summed E-state index contributed by atoms with van der Waals surface area (Å²) in [6, 6.07) is 7.14. The van der Waals surface area contributed by atoms with Crippen molar-refractivity contribution in [1.29, 1.82) is 0 Å². The molecule has 80 valence electrons. The molecule has 0 bridgehead atoms. The molecule has 1 aromatic rings.